The third-order valence-electron chi connectivity index (χ3n) is 3.51. The molecule has 0 radical (unpaired) electrons. The monoisotopic (exact) mass is 241 g/mol. The maximum absolute atomic E-state index is 13.4. The second kappa shape index (κ2) is 4.33. The molecule has 0 spiro atoms. The molecule has 0 saturated heterocycles. The van der Waals surface area contributed by atoms with Crippen molar-refractivity contribution in [2.75, 3.05) is 0 Å². The molecule has 0 fully saturated rings. The summed E-state index contributed by atoms with van der Waals surface area (Å²) in [5, 5.41) is 0. The van der Waals surface area contributed by atoms with Crippen LogP contribution >= 0.6 is 0 Å². The molecule has 3 rings (SSSR count). The summed E-state index contributed by atoms with van der Waals surface area (Å²) in [6.07, 6.45) is 4.35. The van der Waals surface area contributed by atoms with Crippen LogP contribution in [0.3, 0.4) is 0 Å². The lowest BCUT2D eigenvalue weighted by Crippen LogP contribution is -2.03. The third-order valence-corrected chi connectivity index (χ3v) is 3.51. The van der Waals surface area contributed by atoms with Crippen LogP contribution in [-0.2, 0) is 6.42 Å². The summed E-state index contributed by atoms with van der Waals surface area (Å²) < 4.78 is 13.4. The van der Waals surface area contributed by atoms with E-state index in [0.29, 0.717) is 5.56 Å². The Morgan fingerprint density at radius 1 is 1.33 bits per heavy atom. The van der Waals surface area contributed by atoms with Gasteiger partial charge >= 0.3 is 0 Å². The number of hydrogen-bond acceptors (Lipinski definition) is 2. The van der Waals surface area contributed by atoms with Crippen LogP contribution in [0, 0.1) is 5.82 Å². The highest BCUT2D eigenvalue weighted by Gasteiger charge is 2.27. The van der Waals surface area contributed by atoms with Crippen LogP contribution in [-0.4, -0.2) is 11.3 Å². The van der Waals surface area contributed by atoms with Gasteiger partial charge in [0.2, 0.25) is 0 Å². The number of fused-ring (bicyclic) bond motifs is 1. The Bertz CT molecular complexity index is 609. The summed E-state index contributed by atoms with van der Waals surface area (Å²) in [7, 11) is 0. The predicted octanol–water partition coefficient (Wildman–Crippen LogP) is 3.11. The molecule has 1 aromatic carbocycles. The number of hydrogen-bond donors (Lipinski definition) is 0. The molecule has 1 unspecified atom stereocenters. The van der Waals surface area contributed by atoms with Crippen LogP contribution in [0.2, 0.25) is 0 Å². The van der Waals surface area contributed by atoms with E-state index in [1.165, 1.54) is 17.7 Å². The molecule has 1 aromatic heterocycles. The lowest BCUT2D eigenvalue weighted by Gasteiger charge is -2.13. The Balaban J connectivity index is 2.12. The maximum atomic E-state index is 13.4. The van der Waals surface area contributed by atoms with Gasteiger partial charge in [0.25, 0.3) is 0 Å². The second-order valence-corrected chi connectivity index (χ2v) is 4.53. The summed E-state index contributed by atoms with van der Waals surface area (Å²) in [6.45, 7) is 0. The van der Waals surface area contributed by atoms with Crippen molar-refractivity contribution >= 4 is 6.29 Å². The van der Waals surface area contributed by atoms with E-state index in [0.717, 1.165) is 30.4 Å². The van der Waals surface area contributed by atoms with E-state index in [-0.39, 0.29) is 11.7 Å². The van der Waals surface area contributed by atoms with Gasteiger partial charge in [-0.2, -0.15) is 0 Å². The lowest BCUT2D eigenvalue weighted by molar-refractivity contribution is 0.112. The standard InChI is InChI=1S/C15H12FNO/c16-12-5-3-11(9-18)14(8-12)13-6-4-10-2-1-7-17-15(10)13/h1-3,5,7-9,13H,4,6H2. The molecule has 1 aliphatic rings. The highest BCUT2D eigenvalue weighted by atomic mass is 19.1. The van der Waals surface area contributed by atoms with E-state index in [1.54, 1.807) is 12.3 Å². The first-order valence-corrected chi connectivity index (χ1v) is 5.98. The summed E-state index contributed by atoms with van der Waals surface area (Å²) in [5.74, 6) is -0.267. The van der Waals surface area contributed by atoms with Gasteiger partial charge in [0.15, 0.2) is 0 Å². The first-order chi connectivity index (χ1) is 8.79. The van der Waals surface area contributed by atoms with Gasteiger partial charge in [0.1, 0.15) is 12.1 Å². The minimum Gasteiger partial charge on any atom is -0.298 e. The lowest BCUT2D eigenvalue weighted by atomic mass is 9.92. The Morgan fingerprint density at radius 2 is 2.22 bits per heavy atom. The first-order valence-electron chi connectivity index (χ1n) is 5.98. The summed E-state index contributed by atoms with van der Waals surface area (Å²) in [5.41, 5.74) is 3.48. The molecule has 0 bridgehead atoms. The number of carbonyl (C=O) groups excluding carboxylic acids is 1. The zero-order valence-corrected chi connectivity index (χ0v) is 9.77. The number of carbonyl (C=O) groups is 1. The van der Waals surface area contributed by atoms with Gasteiger partial charge in [-0.25, -0.2) is 4.39 Å². The number of aldehydes is 1. The Kier molecular flexibility index (Phi) is 2.67. The van der Waals surface area contributed by atoms with Crippen LogP contribution < -0.4 is 0 Å². The Hall–Kier alpha value is -2.03. The van der Waals surface area contributed by atoms with E-state index in [1.807, 2.05) is 12.1 Å². The average Bonchev–Trinajstić information content (AvgIpc) is 2.82. The van der Waals surface area contributed by atoms with Crippen LogP contribution in [0.5, 0.6) is 0 Å². The van der Waals surface area contributed by atoms with E-state index in [2.05, 4.69) is 4.98 Å². The average molecular weight is 241 g/mol. The van der Waals surface area contributed by atoms with Crippen molar-refractivity contribution in [1.82, 2.24) is 4.98 Å². The zero-order chi connectivity index (χ0) is 12.5. The molecule has 0 aliphatic heterocycles. The number of rotatable bonds is 2. The molecule has 1 aliphatic carbocycles. The summed E-state index contributed by atoms with van der Waals surface area (Å²) in [6, 6.07) is 8.27. The highest BCUT2D eigenvalue weighted by molar-refractivity contribution is 5.78. The number of aryl methyl sites for hydroxylation is 1. The van der Waals surface area contributed by atoms with Crippen molar-refractivity contribution in [1.29, 1.82) is 0 Å². The SMILES string of the molecule is O=Cc1ccc(F)cc1C1CCc2cccnc21. The van der Waals surface area contributed by atoms with Gasteiger partial charge < -0.3 is 0 Å². The fourth-order valence-corrected chi connectivity index (χ4v) is 2.67. The Morgan fingerprint density at radius 3 is 3.06 bits per heavy atom. The highest BCUT2D eigenvalue weighted by Crippen LogP contribution is 2.37. The van der Waals surface area contributed by atoms with Crippen LogP contribution in [0.4, 0.5) is 4.39 Å². The van der Waals surface area contributed by atoms with Crippen molar-refractivity contribution in [2.24, 2.45) is 0 Å². The summed E-state index contributed by atoms with van der Waals surface area (Å²) >= 11 is 0. The van der Waals surface area contributed by atoms with Crippen LogP contribution in [0.15, 0.2) is 36.5 Å². The molecular formula is C15H12FNO. The van der Waals surface area contributed by atoms with E-state index in [4.69, 9.17) is 0 Å². The van der Waals surface area contributed by atoms with Gasteiger partial charge in [0, 0.05) is 17.7 Å². The molecule has 2 aromatic rings. The van der Waals surface area contributed by atoms with Crippen molar-refractivity contribution in [3.8, 4) is 0 Å². The molecule has 3 heteroatoms. The minimum absolute atomic E-state index is 0.0390. The largest absolute Gasteiger partial charge is 0.298 e. The molecule has 90 valence electrons. The van der Waals surface area contributed by atoms with E-state index in [9.17, 15) is 9.18 Å². The quantitative estimate of drug-likeness (QED) is 0.756. The van der Waals surface area contributed by atoms with Crippen molar-refractivity contribution < 1.29 is 9.18 Å². The van der Waals surface area contributed by atoms with Crippen molar-refractivity contribution in [2.45, 2.75) is 18.8 Å². The van der Waals surface area contributed by atoms with Crippen LogP contribution in [0.25, 0.3) is 0 Å². The number of nitrogens with zero attached hydrogens (tertiary/aromatic N) is 1. The molecule has 2 nitrogen and oxygen atoms in total. The molecular weight excluding hydrogens is 229 g/mol. The zero-order valence-electron chi connectivity index (χ0n) is 9.77. The van der Waals surface area contributed by atoms with Crippen molar-refractivity contribution in [3.63, 3.8) is 0 Å². The third kappa shape index (κ3) is 1.72. The topological polar surface area (TPSA) is 30.0 Å². The van der Waals surface area contributed by atoms with E-state index < -0.39 is 0 Å². The fraction of sp³-hybridized carbons (Fsp3) is 0.200. The maximum Gasteiger partial charge on any atom is 0.150 e. The smallest absolute Gasteiger partial charge is 0.150 e. The predicted molar refractivity (Wildman–Crippen MR) is 66.2 cm³/mol. The normalized spacial score (nSPS) is 17.5. The van der Waals surface area contributed by atoms with Gasteiger partial charge in [-0.05, 0) is 48.2 Å². The van der Waals surface area contributed by atoms with Gasteiger partial charge in [-0.1, -0.05) is 6.07 Å². The number of halogens is 1. The molecule has 0 saturated carbocycles. The molecule has 1 heterocycles. The van der Waals surface area contributed by atoms with Gasteiger partial charge in [-0.15, -0.1) is 0 Å². The van der Waals surface area contributed by atoms with Gasteiger partial charge in [0.05, 0.1) is 5.69 Å². The minimum atomic E-state index is -0.306. The molecule has 1 atom stereocenters. The molecule has 18 heavy (non-hydrogen) atoms. The van der Waals surface area contributed by atoms with Gasteiger partial charge in [-0.3, -0.25) is 9.78 Å². The summed E-state index contributed by atoms with van der Waals surface area (Å²) in [4.78, 5) is 15.4. The van der Waals surface area contributed by atoms with Crippen LogP contribution in [0.1, 0.15) is 39.5 Å². The van der Waals surface area contributed by atoms with E-state index >= 15 is 0 Å². The molecule has 0 N–H and O–H groups in total. The number of aromatic nitrogens is 1. The second-order valence-electron chi connectivity index (χ2n) is 4.53. The molecule has 0 amide bonds. The Labute approximate surface area is 104 Å². The fourth-order valence-electron chi connectivity index (χ4n) is 2.67. The number of pyridine rings is 1. The first kappa shape index (κ1) is 11.1. The number of benzene rings is 1. The van der Waals surface area contributed by atoms with Crippen molar-refractivity contribution in [3.05, 3.63) is 64.7 Å².